The Morgan fingerprint density at radius 1 is 1.29 bits per heavy atom. The summed E-state index contributed by atoms with van der Waals surface area (Å²) in [7, 11) is 0. The zero-order valence-electron chi connectivity index (χ0n) is 16.7. The Labute approximate surface area is 166 Å². The molecule has 3 N–H and O–H groups in total. The number of rotatable bonds is 7. The quantitative estimate of drug-likeness (QED) is 0.681. The molecule has 0 aliphatic carbocycles. The summed E-state index contributed by atoms with van der Waals surface area (Å²) in [4.78, 5) is 18.8. The molecule has 28 heavy (non-hydrogen) atoms. The Morgan fingerprint density at radius 3 is 2.75 bits per heavy atom. The van der Waals surface area contributed by atoms with E-state index in [-0.39, 0.29) is 11.8 Å². The average Bonchev–Trinajstić information content (AvgIpc) is 2.98. The number of urea groups is 1. The van der Waals surface area contributed by atoms with Crippen LogP contribution in [0.4, 0.5) is 4.79 Å². The first kappa shape index (κ1) is 20.2. The lowest BCUT2D eigenvalue weighted by atomic mass is 9.97. The van der Waals surface area contributed by atoms with Crippen LogP contribution < -0.4 is 10.6 Å². The summed E-state index contributed by atoms with van der Waals surface area (Å²) in [6, 6.07) is 6.97. The van der Waals surface area contributed by atoms with E-state index in [1.807, 2.05) is 19.9 Å². The standard InChI is InChI=1S/C21H30N4O3/c1-15-16(2)28-20(24-15)14-25-10-7-18(8-11-25)13-23-21(27)22-9-6-17-4-3-5-19(26)12-17/h3-5,12,18,26H,6-11,13-14H2,1-2H3,(H2,22,23,27). The van der Waals surface area contributed by atoms with Crippen LogP contribution in [0.25, 0.3) is 0 Å². The van der Waals surface area contributed by atoms with E-state index in [1.54, 1.807) is 18.2 Å². The van der Waals surface area contributed by atoms with Crippen LogP contribution in [0.1, 0.15) is 35.7 Å². The second-order valence-electron chi connectivity index (χ2n) is 7.53. The van der Waals surface area contributed by atoms with Crippen LogP contribution in [0.3, 0.4) is 0 Å². The third kappa shape index (κ3) is 5.99. The van der Waals surface area contributed by atoms with Crippen molar-refractivity contribution in [3.8, 4) is 5.75 Å². The minimum absolute atomic E-state index is 0.131. The zero-order chi connectivity index (χ0) is 19.9. The van der Waals surface area contributed by atoms with Gasteiger partial charge in [-0.2, -0.15) is 0 Å². The van der Waals surface area contributed by atoms with Crippen LogP contribution in [-0.2, 0) is 13.0 Å². The first-order chi connectivity index (χ1) is 13.5. The number of aromatic nitrogens is 1. The van der Waals surface area contributed by atoms with E-state index < -0.39 is 0 Å². The van der Waals surface area contributed by atoms with E-state index in [2.05, 4.69) is 20.5 Å². The van der Waals surface area contributed by atoms with Gasteiger partial charge in [0.25, 0.3) is 0 Å². The summed E-state index contributed by atoms with van der Waals surface area (Å²) in [5.74, 6) is 2.43. The summed E-state index contributed by atoms with van der Waals surface area (Å²) < 4.78 is 5.67. The third-order valence-electron chi connectivity index (χ3n) is 5.30. The number of piperidine rings is 1. The van der Waals surface area contributed by atoms with E-state index in [1.165, 1.54) is 0 Å². The van der Waals surface area contributed by atoms with Crippen LogP contribution in [0.2, 0.25) is 0 Å². The smallest absolute Gasteiger partial charge is 0.314 e. The number of aromatic hydroxyl groups is 1. The van der Waals surface area contributed by atoms with Crippen molar-refractivity contribution in [2.75, 3.05) is 26.2 Å². The molecular weight excluding hydrogens is 356 g/mol. The lowest BCUT2D eigenvalue weighted by molar-refractivity contribution is 0.162. The molecule has 0 bridgehead atoms. The first-order valence-corrected chi connectivity index (χ1v) is 9.94. The highest BCUT2D eigenvalue weighted by Gasteiger charge is 2.21. The summed E-state index contributed by atoms with van der Waals surface area (Å²) >= 11 is 0. The van der Waals surface area contributed by atoms with Crippen molar-refractivity contribution in [1.29, 1.82) is 0 Å². The molecule has 1 aliphatic rings. The van der Waals surface area contributed by atoms with E-state index in [4.69, 9.17) is 4.42 Å². The van der Waals surface area contributed by atoms with Gasteiger partial charge in [0, 0.05) is 13.1 Å². The summed E-state index contributed by atoms with van der Waals surface area (Å²) in [6.07, 6.45) is 2.81. The lowest BCUT2D eigenvalue weighted by Gasteiger charge is -2.31. The van der Waals surface area contributed by atoms with Crippen LogP contribution in [-0.4, -0.2) is 47.2 Å². The maximum atomic E-state index is 12.0. The number of oxazole rings is 1. The molecule has 0 saturated carbocycles. The molecule has 1 fully saturated rings. The van der Waals surface area contributed by atoms with Gasteiger partial charge in [-0.05, 0) is 69.8 Å². The van der Waals surface area contributed by atoms with E-state index >= 15 is 0 Å². The Balaban J connectivity index is 1.29. The van der Waals surface area contributed by atoms with Gasteiger partial charge in [-0.3, -0.25) is 4.90 Å². The molecule has 3 rings (SSSR count). The molecule has 2 amide bonds. The highest BCUT2D eigenvalue weighted by molar-refractivity contribution is 5.73. The van der Waals surface area contributed by atoms with Gasteiger partial charge in [-0.15, -0.1) is 0 Å². The molecule has 0 unspecified atom stereocenters. The molecule has 1 saturated heterocycles. The second kappa shape index (κ2) is 9.59. The number of phenols is 1. The molecule has 2 heterocycles. The molecule has 0 radical (unpaired) electrons. The molecular formula is C21H30N4O3. The Morgan fingerprint density at radius 2 is 2.07 bits per heavy atom. The normalized spacial score (nSPS) is 15.5. The largest absolute Gasteiger partial charge is 0.508 e. The minimum atomic E-state index is -0.131. The number of carbonyl (C=O) groups excluding carboxylic acids is 1. The Kier molecular flexibility index (Phi) is 6.92. The van der Waals surface area contributed by atoms with Gasteiger partial charge < -0.3 is 20.2 Å². The van der Waals surface area contributed by atoms with Crippen molar-refractivity contribution < 1.29 is 14.3 Å². The predicted octanol–water partition coefficient (Wildman–Crippen LogP) is 2.75. The van der Waals surface area contributed by atoms with E-state index in [0.29, 0.717) is 25.4 Å². The molecule has 0 atom stereocenters. The number of benzene rings is 1. The Hall–Kier alpha value is -2.54. The van der Waals surface area contributed by atoms with Crippen molar-refractivity contribution in [3.63, 3.8) is 0 Å². The van der Waals surface area contributed by atoms with Crippen molar-refractivity contribution in [2.24, 2.45) is 5.92 Å². The van der Waals surface area contributed by atoms with Gasteiger partial charge >= 0.3 is 6.03 Å². The highest BCUT2D eigenvalue weighted by atomic mass is 16.4. The average molecular weight is 386 g/mol. The van der Waals surface area contributed by atoms with Gasteiger partial charge in [0.15, 0.2) is 0 Å². The molecule has 0 spiro atoms. The van der Waals surface area contributed by atoms with Gasteiger partial charge in [0.2, 0.25) is 5.89 Å². The molecule has 152 valence electrons. The van der Waals surface area contributed by atoms with Crippen LogP contribution in [0.15, 0.2) is 28.7 Å². The summed E-state index contributed by atoms with van der Waals surface area (Å²) in [5, 5.41) is 15.3. The SMILES string of the molecule is Cc1nc(CN2CCC(CNC(=O)NCCc3cccc(O)c3)CC2)oc1C. The molecule has 1 aromatic heterocycles. The maximum absolute atomic E-state index is 12.0. The van der Waals surface area contributed by atoms with Gasteiger partial charge in [-0.1, -0.05) is 12.1 Å². The fraction of sp³-hybridized carbons (Fsp3) is 0.524. The summed E-state index contributed by atoms with van der Waals surface area (Å²) in [5.41, 5.74) is 1.97. The van der Waals surface area contributed by atoms with Crippen molar-refractivity contribution in [3.05, 3.63) is 47.2 Å². The van der Waals surface area contributed by atoms with Crippen molar-refractivity contribution >= 4 is 6.03 Å². The van der Waals surface area contributed by atoms with Crippen LogP contribution >= 0.6 is 0 Å². The fourth-order valence-electron chi connectivity index (χ4n) is 3.48. The van der Waals surface area contributed by atoms with Gasteiger partial charge in [0.05, 0.1) is 12.2 Å². The number of hydrogen-bond donors (Lipinski definition) is 3. The second-order valence-corrected chi connectivity index (χ2v) is 7.53. The summed E-state index contributed by atoms with van der Waals surface area (Å²) in [6.45, 7) is 7.89. The van der Waals surface area contributed by atoms with Gasteiger partial charge in [0.1, 0.15) is 11.5 Å². The van der Waals surface area contributed by atoms with Gasteiger partial charge in [-0.25, -0.2) is 9.78 Å². The van der Waals surface area contributed by atoms with E-state index in [0.717, 1.165) is 55.4 Å². The minimum Gasteiger partial charge on any atom is -0.508 e. The molecule has 7 nitrogen and oxygen atoms in total. The first-order valence-electron chi connectivity index (χ1n) is 9.94. The third-order valence-corrected chi connectivity index (χ3v) is 5.30. The number of nitrogens with one attached hydrogen (secondary N) is 2. The highest BCUT2D eigenvalue weighted by Crippen LogP contribution is 2.19. The van der Waals surface area contributed by atoms with Crippen molar-refractivity contribution in [2.45, 2.75) is 39.7 Å². The molecule has 2 aromatic rings. The lowest BCUT2D eigenvalue weighted by Crippen LogP contribution is -2.42. The maximum Gasteiger partial charge on any atom is 0.314 e. The topological polar surface area (TPSA) is 90.6 Å². The number of aryl methyl sites for hydroxylation is 2. The Bertz CT molecular complexity index is 762. The number of hydrogen-bond acceptors (Lipinski definition) is 5. The predicted molar refractivity (Wildman–Crippen MR) is 107 cm³/mol. The number of carbonyl (C=O) groups is 1. The molecule has 1 aromatic carbocycles. The van der Waals surface area contributed by atoms with E-state index in [9.17, 15) is 9.90 Å². The fourth-order valence-corrected chi connectivity index (χ4v) is 3.48. The zero-order valence-corrected chi connectivity index (χ0v) is 16.7. The number of likely N-dealkylation sites (tertiary alicyclic amines) is 1. The van der Waals surface area contributed by atoms with Crippen LogP contribution in [0.5, 0.6) is 5.75 Å². The number of phenolic OH excluding ortho intramolecular Hbond substituents is 1. The molecule has 1 aliphatic heterocycles. The number of nitrogens with zero attached hydrogens (tertiary/aromatic N) is 2. The molecule has 7 heteroatoms. The monoisotopic (exact) mass is 386 g/mol. The van der Waals surface area contributed by atoms with Crippen molar-refractivity contribution in [1.82, 2.24) is 20.5 Å². The van der Waals surface area contributed by atoms with Crippen LogP contribution in [0, 0.1) is 19.8 Å². The number of amides is 2.